The van der Waals surface area contributed by atoms with E-state index in [9.17, 15) is 5.11 Å². The zero-order valence-corrected chi connectivity index (χ0v) is 14.6. The Bertz CT molecular complexity index is 554. The Balaban J connectivity index is 1.48. The topological polar surface area (TPSA) is 23.5 Å². The molecule has 3 atom stereocenters. The Morgan fingerprint density at radius 3 is 2.29 bits per heavy atom. The molecule has 6 rings (SSSR count). The van der Waals surface area contributed by atoms with E-state index in [0.29, 0.717) is 17.4 Å². The first-order chi connectivity index (χ1) is 10.1. The van der Waals surface area contributed by atoms with E-state index in [1.807, 2.05) is 0 Å². The lowest BCUT2D eigenvalue weighted by Gasteiger charge is -2.70. The van der Waals surface area contributed by atoms with Crippen molar-refractivity contribution in [3.8, 4) is 0 Å². The van der Waals surface area contributed by atoms with Gasteiger partial charge >= 0.3 is 0 Å². The first-order valence-electron chi connectivity index (χ1n) is 8.33. The summed E-state index contributed by atoms with van der Waals surface area (Å²) >= 11 is 5.31. The molecule has 1 aromatic heterocycles. The molecule has 2 heterocycles. The minimum absolute atomic E-state index is 0.435. The largest absolute Gasteiger partial charge is 0.384 e. The number of thiophene rings is 1. The maximum atomic E-state index is 11.6. The number of hydrogen-bond donors (Lipinski definition) is 1. The van der Waals surface area contributed by atoms with Crippen LogP contribution in [0.5, 0.6) is 0 Å². The summed E-state index contributed by atoms with van der Waals surface area (Å²) in [6.07, 6.45) is 8.00. The number of aliphatic hydroxyl groups is 1. The molecule has 0 spiro atoms. The fourth-order valence-electron chi connectivity index (χ4n) is 5.59. The van der Waals surface area contributed by atoms with Gasteiger partial charge in [-0.25, -0.2) is 0 Å². The van der Waals surface area contributed by atoms with E-state index in [2.05, 4.69) is 33.0 Å². The predicted molar refractivity (Wildman–Crippen MR) is 88.4 cm³/mol. The molecule has 0 aromatic carbocycles. The molecule has 5 aliphatic rings. The number of rotatable bonds is 2. The van der Waals surface area contributed by atoms with Crippen LogP contribution in [0.1, 0.15) is 43.4 Å². The van der Waals surface area contributed by atoms with Crippen LogP contribution in [0.15, 0.2) is 15.9 Å². The molecule has 4 heteroatoms. The minimum Gasteiger partial charge on any atom is -0.384 e. The van der Waals surface area contributed by atoms with Crippen molar-refractivity contribution in [3.63, 3.8) is 0 Å². The quantitative estimate of drug-likeness (QED) is 0.854. The predicted octanol–water partition coefficient (Wildman–Crippen LogP) is 3.98. The van der Waals surface area contributed by atoms with E-state index in [0.717, 1.165) is 22.8 Å². The van der Waals surface area contributed by atoms with Crippen LogP contribution < -0.4 is 0 Å². The third kappa shape index (κ3) is 1.71. The van der Waals surface area contributed by atoms with Crippen molar-refractivity contribution in [2.24, 2.45) is 17.8 Å². The van der Waals surface area contributed by atoms with E-state index < -0.39 is 5.60 Å². The molecule has 0 radical (unpaired) electrons. The van der Waals surface area contributed by atoms with Gasteiger partial charge in [-0.15, -0.1) is 11.3 Å². The maximum absolute atomic E-state index is 11.6. The van der Waals surface area contributed by atoms with Crippen molar-refractivity contribution in [2.45, 2.75) is 49.7 Å². The van der Waals surface area contributed by atoms with Crippen molar-refractivity contribution >= 4 is 27.3 Å². The normalized spacial score (nSPS) is 48.6. The molecule has 1 aromatic rings. The molecule has 4 aliphatic carbocycles. The zero-order valence-electron chi connectivity index (χ0n) is 12.2. The van der Waals surface area contributed by atoms with Gasteiger partial charge in [-0.05, 0) is 66.1 Å². The van der Waals surface area contributed by atoms with Crippen molar-refractivity contribution in [1.29, 1.82) is 0 Å². The van der Waals surface area contributed by atoms with Gasteiger partial charge in [0.25, 0.3) is 0 Å². The Hall–Kier alpha value is 0.1000. The summed E-state index contributed by atoms with van der Waals surface area (Å²) in [5.74, 6) is 1.91. The maximum Gasteiger partial charge on any atom is 0.107 e. The number of fused-ring (bicyclic) bond motifs is 2. The van der Waals surface area contributed by atoms with E-state index >= 15 is 0 Å². The standard InChI is InChI=1S/C17H22BrNOS/c18-15-5-4-14(21-15)17(20)12-2-1-3-13(17)10-19(9-12)16-6-11(7-16)8-16/h4-5,11-13,20H,1-3,6-10H2/t11?,12-,13+,16?,17?. The number of likely N-dealkylation sites (tertiary alicyclic amines) is 1. The average Bonchev–Trinajstić information content (AvgIpc) is 2.73. The molecule has 5 fully saturated rings. The fourth-order valence-corrected chi connectivity index (χ4v) is 7.23. The van der Waals surface area contributed by atoms with E-state index in [4.69, 9.17) is 0 Å². The molecule has 21 heavy (non-hydrogen) atoms. The molecule has 4 bridgehead atoms. The summed E-state index contributed by atoms with van der Waals surface area (Å²) in [5.41, 5.74) is 0.00480. The number of nitrogens with zero attached hydrogens (tertiary/aromatic N) is 1. The third-order valence-electron chi connectivity index (χ3n) is 6.88. The van der Waals surface area contributed by atoms with Gasteiger partial charge in [0.2, 0.25) is 0 Å². The number of halogens is 1. The highest BCUT2D eigenvalue weighted by molar-refractivity contribution is 9.11. The summed E-state index contributed by atoms with van der Waals surface area (Å²) < 4.78 is 1.14. The Kier molecular flexibility index (Phi) is 2.80. The molecule has 1 unspecified atom stereocenters. The fraction of sp³-hybridized carbons (Fsp3) is 0.765. The molecule has 114 valence electrons. The van der Waals surface area contributed by atoms with Crippen LogP contribution in [0.25, 0.3) is 0 Å². The van der Waals surface area contributed by atoms with Gasteiger partial charge in [0, 0.05) is 35.3 Å². The molecule has 0 amide bonds. The van der Waals surface area contributed by atoms with Gasteiger partial charge in [-0.2, -0.15) is 0 Å². The molecule has 1 N–H and O–H groups in total. The second-order valence-corrected chi connectivity index (χ2v) is 10.3. The smallest absolute Gasteiger partial charge is 0.107 e. The van der Waals surface area contributed by atoms with Crippen LogP contribution in [0.2, 0.25) is 0 Å². The van der Waals surface area contributed by atoms with Crippen molar-refractivity contribution in [3.05, 3.63) is 20.8 Å². The second kappa shape index (κ2) is 4.34. The summed E-state index contributed by atoms with van der Waals surface area (Å²) in [7, 11) is 0. The Labute approximate surface area is 138 Å². The van der Waals surface area contributed by atoms with Gasteiger partial charge < -0.3 is 5.11 Å². The summed E-state index contributed by atoms with van der Waals surface area (Å²) in [6, 6.07) is 4.25. The van der Waals surface area contributed by atoms with E-state index in [-0.39, 0.29) is 0 Å². The van der Waals surface area contributed by atoms with E-state index in [1.54, 1.807) is 11.3 Å². The lowest BCUT2D eigenvalue weighted by molar-refractivity contribution is -0.216. The van der Waals surface area contributed by atoms with Gasteiger partial charge in [0.05, 0.1) is 3.79 Å². The molecule has 2 nitrogen and oxygen atoms in total. The average molecular weight is 368 g/mol. The van der Waals surface area contributed by atoms with E-state index in [1.165, 1.54) is 43.4 Å². The molecular weight excluding hydrogens is 346 g/mol. The van der Waals surface area contributed by atoms with Crippen LogP contribution in [-0.4, -0.2) is 28.6 Å². The first kappa shape index (κ1) is 13.5. The molecule has 1 aliphatic heterocycles. The van der Waals surface area contributed by atoms with Crippen LogP contribution >= 0.6 is 27.3 Å². The third-order valence-corrected chi connectivity index (χ3v) is 8.64. The lowest BCUT2D eigenvalue weighted by Crippen LogP contribution is -2.73. The highest BCUT2D eigenvalue weighted by Gasteiger charge is 2.63. The van der Waals surface area contributed by atoms with Crippen molar-refractivity contribution in [2.75, 3.05) is 13.1 Å². The summed E-state index contributed by atoms with van der Waals surface area (Å²) in [6.45, 7) is 2.24. The van der Waals surface area contributed by atoms with Gasteiger partial charge in [-0.3, -0.25) is 4.90 Å². The highest BCUT2D eigenvalue weighted by Crippen LogP contribution is 2.63. The summed E-state index contributed by atoms with van der Waals surface area (Å²) in [4.78, 5) is 3.97. The number of hydrogen-bond acceptors (Lipinski definition) is 3. The SMILES string of the molecule is OC1(c2ccc(Br)s2)[C@@H]2CCC[C@H]1CN(C13CC(C1)C3)C2. The molecule has 1 saturated heterocycles. The van der Waals surface area contributed by atoms with Gasteiger partial charge in [0.15, 0.2) is 0 Å². The molecule has 4 saturated carbocycles. The van der Waals surface area contributed by atoms with Crippen LogP contribution in [0.4, 0.5) is 0 Å². The molecular formula is C17H22BrNOS. The minimum atomic E-state index is -0.561. The van der Waals surface area contributed by atoms with Crippen LogP contribution in [0.3, 0.4) is 0 Å². The first-order valence-corrected chi connectivity index (χ1v) is 9.94. The number of piperidine rings is 1. The highest BCUT2D eigenvalue weighted by atomic mass is 79.9. The van der Waals surface area contributed by atoms with Gasteiger partial charge in [-0.1, -0.05) is 6.42 Å². The van der Waals surface area contributed by atoms with Crippen molar-refractivity contribution in [1.82, 2.24) is 4.90 Å². The Morgan fingerprint density at radius 1 is 1.14 bits per heavy atom. The Morgan fingerprint density at radius 2 is 1.81 bits per heavy atom. The van der Waals surface area contributed by atoms with Crippen LogP contribution in [0, 0.1) is 17.8 Å². The lowest BCUT2D eigenvalue weighted by atomic mass is 9.48. The van der Waals surface area contributed by atoms with Crippen molar-refractivity contribution < 1.29 is 5.11 Å². The monoisotopic (exact) mass is 367 g/mol. The summed E-state index contributed by atoms with van der Waals surface area (Å²) in [5, 5.41) is 11.6. The van der Waals surface area contributed by atoms with Crippen LogP contribution in [-0.2, 0) is 5.60 Å². The zero-order chi connectivity index (χ0) is 14.2. The second-order valence-electron chi connectivity index (χ2n) is 7.86. The van der Waals surface area contributed by atoms with Gasteiger partial charge in [0.1, 0.15) is 5.60 Å².